The van der Waals surface area contributed by atoms with Crippen LogP contribution in [0, 0.1) is 34.0 Å². The van der Waals surface area contributed by atoms with Gasteiger partial charge in [-0.15, -0.1) is 5.10 Å². The molecule has 0 N–H and O–H groups in total. The summed E-state index contributed by atoms with van der Waals surface area (Å²) in [6.45, 7) is 3.91. The molecule has 0 unspecified atom stereocenters. The van der Waals surface area contributed by atoms with E-state index in [9.17, 15) is 5.26 Å². The van der Waals surface area contributed by atoms with Crippen molar-refractivity contribution in [3.63, 3.8) is 0 Å². The fraction of sp³-hybridized carbons (Fsp3) is 0.462. The molecule has 1 aromatic rings. The molecule has 1 heterocycles. The Morgan fingerprint density at radius 2 is 1.63 bits per heavy atom. The van der Waals surface area contributed by atoms with Crippen LogP contribution in [0.5, 0.6) is 0 Å². The van der Waals surface area contributed by atoms with E-state index in [1.807, 2.05) is 26.0 Å². The van der Waals surface area contributed by atoms with E-state index in [4.69, 9.17) is 10.5 Å². The lowest BCUT2D eigenvalue weighted by molar-refractivity contribution is 0.831. The molecule has 0 fully saturated rings. The van der Waals surface area contributed by atoms with Gasteiger partial charge in [0.25, 0.3) is 0 Å². The van der Waals surface area contributed by atoms with Gasteiger partial charge in [-0.3, -0.25) is 0 Å². The standard InChI is InChI=1S/C13H14N6/c1-3-10-11(9-16)13(18-17-12(10)4-2)19(7-5-14)8-6-15/h3-4,7-8H2,1-2H3. The van der Waals surface area contributed by atoms with Gasteiger partial charge in [0.1, 0.15) is 24.7 Å². The first-order valence-electron chi connectivity index (χ1n) is 6.00. The summed E-state index contributed by atoms with van der Waals surface area (Å²) in [6, 6.07) is 6.06. The van der Waals surface area contributed by atoms with Crippen LogP contribution in [0.25, 0.3) is 0 Å². The Morgan fingerprint density at radius 1 is 1.00 bits per heavy atom. The molecule has 6 nitrogen and oxygen atoms in total. The van der Waals surface area contributed by atoms with E-state index in [0.717, 1.165) is 11.3 Å². The first kappa shape index (κ1) is 14.4. The van der Waals surface area contributed by atoms with Crippen molar-refractivity contribution in [1.82, 2.24) is 10.2 Å². The third-order valence-electron chi connectivity index (χ3n) is 2.76. The highest BCUT2D eigenvalue weighted by Crippen LogP contribution is 2.22. The van der Waals surface area contributed by atoms with E-state index < -0.39 is 0 Å². The molecule has 0 saturated carbocycles. The molecule has 0 atom stereocenters. The van der Waals surface area contributed by atoms with Crippen molar-refractivity contribution in [3.8, 4) is 18.2 Å². The number of aromatic nitrogens is 2. The van der Waals surface area contributed by atoms with Crippen LogP contribution in [-0.4, -0.2) is 23.3 Å². The number of hydrogen-bond donors (Lipinski definition) is 0. The number of nitriles is 3. The van der Waals surface area contributed by atoms with E-state index in [1.54, 1.807) is 0 Å². The second-order valence-electron chi connectivity index (χ2n) is 3.82. The Kier molecular flexibility index (Phi) is 5.26. The van der Waals surface area contributed by atoms with Gasteiger partial charge in [-0.25, -0.2) is 0 Å². The number of rotatable bonds is 5. The van der Waals surface area contributed by atoms with Crippen LogP contribution in [0.1, 0.15) is 30.7 Å². The van der Waals surface area contributed by atoms with Crippen LogP contribution < -0.4 is 4.90 Å². The molecule has 0 saturated heterocycles. The summed E-state index contributed by atoms with van der Waals surface area (Å²) in [5, 5.41) is 35.0. The van der Waals surface area contributed by atoms with Crippen molar-refractivity contribution < 1.29 is 0 Å². The summed E-state index contributed by atoms with van der Waals surface area (Å²) in [5.74, 6) is 0.319. The molecule has 19 heavy (non-hydrogen) atoms. The topological polar surface area (TPSA) is 100 Å². The molecule has 0 aliphatic carbocycles. The van der Waals surface area contributed by atoms with Crippen LogP contribution in [-0.2, 0) is 12.8 Å². The minimum Gasteiger partial charge on any atom is -0.327 e. The SMILES string of the molecule is CCc1nnc(N(CC#N)CC#N)c(C#N)c1CC. The Bertz CT molecular complexity index is 557. The van der Waals surface area contributed by atoms with Gasteiger partial charge < -0.3 is 4.90 Å². The third-order valence-corrected chi connectivity index (χ3v) is 2.76. The summed E-state index contributed by atoms with van der Waals surface area (Å²) in [5.41, 5.74) is 2.05. The van der Waals surface area contributed by atoms with Gasteiger partial charge in [-0.1, -0.05) is 13.8 Å². The van der Waals surface area contributed by atoms with E-state index in [1.165, 1.54) is 4.90 Å². The maximum Gasteiger partial charge on any atom is 0.171 e. The fourth-order valence-electron chi connectivity index (χ4n) is 1.88. The van der Waals surface area contributed by atoms with Crippen LogP contribution in [0.3, 0.4) is 0 Å². The molecule has 1 rings (SSSR count). The molecule has 6 heteroatoms. The molecule has 0 aliphatic heterocycles. The van der Waals surface area contributed by atoms with Gasteiger partial charge in [0.05, 0.1) is 17.8 Å². The highest BCUT2D eigenvalue weighted by Gasteiger charge is 2.19. The van der Waals surface area contributed by atoms with Crippen LogP contribution in [0.15, 0.2) is 0 Å². The quantitative estimate of drug-likeness (QED) is 0.734. The van der Waals surface area contributed by atoms with Crippen molar-refractivity contribution >= 4 is 5.82 Å². The van der Waals surface area contributed by atoms with Crippen molar-refractivity contribution in [2.24, 2.45) is 0 Å². The molecule has 0 aliphatic rings. The number of anilines is 1. The molecular weight excluding hydrogens is 240 g/mol. The Morgan fingerprint density at radius 3 is 2.05 bits per heavy atom. The van der Waals surface area contributed by atoms with E-state index >= 15 is 0 Å². The Labute approximate surface area is 112 Å². The monoisotopic (exact) mass is 254 g/mol. The number of nitrogens with zero attached hydrogens (tertiary/aromatic N) is 6. The zero-order valence-electron chi connectivity index (χ0n) is 11.0. The number of aryl methyl sites for hydroxylation is 1. The lowest BCUT2D eigenvalue weighted by Crippen LogP contribution is -2.27. The summed E-state index contributed by atoms with van der Waals surface area (Å²) >= 11 is 0. The normalized spacial score (nSPS) is 9.21. The Hall–Kier alpha value is -2.65. The second kappa shape index (κ2) is 6.93. The first-order valence-corrected chi connectivity index (χ1v) is 6.00. The zero-order chi connectivity index (χ0) is 14.3. The average molecular weight is 254 g/mol. The molecule has 0 bridgehead atoms. The van der Waals surface area contributed by atoms with Crippen LogP contribution in [0.2, 0.25) is 0 Å². The summed E-state index contributed by atoms with van der Waals surface area (Å²) in [6.07, 6.45) is 1.36. The second-order valence-corrected chi connectivity index (χ2v) is 3.82. The van der Waals surface area contributed by atoms with Crippen molar-refractivity contribution in [3.05, 3.63) is 16.8 Å². The number of hydrogen-bond acceptors (Lipinski definition) is 6. The molecule has 96 valence electrons. The van der Waals surface area contributed by atoms with E-state index in [2.05, 4.69) is 16.3 Å². The molecular formula is C13H14N6. The lowest BCUT2D eigenvalue weighted by Gasteiger charge is -2.19. The summed E-state index contributed by atoms with van der Waals surface area (Å²) in [4.78, 5) is 1.46. The molecule has 0 amide bonds. The van der Waals surface area contributed by atoms with Gasteiger partial charge >= 0.3 is 0 Å². The van der Waals surface area contributed by atoms with Crippen molar-refractivity contribution in [1.29, 1.82) is 15.8 Å². The zero-order valence-corrected chi connectivity index (χ0v) is 11.0. The van der Waals surface area contributed by atoms with Crippen molar-refractivity contribution in [2.45, 2.75) is 26.7 Å². The highest BCUT2D eigenvalue weighted by atomic mass is 15.3. The third kappa shape index (κ3) is 2.97. The van der Waals surface area contributed by atoms with Crippen LogP contribution >= 0.6 is 0 Å². The average Bonchev–Trinajstić information content (AvgIpc) is 2.45. The van der Waals surface area contributed by atoms with Gasteiger partial charge in [-0.2, -0.15) is 20.9 Å². The lowest BCUT2D eigenvalue weighted by atomic mass is 10.0. The maximum absolute atomic E-state index is 9.33. The van der Waals surface area contributed by atoms with Gasteiger partial charge in [0, 0.05) is 0 Å². The largest absolute Gasteiger partial charge is 0.327 e. The Balaban J connectivity index is 3.40. The minimum absolute atomic E-state index is 0.00550. The summed E-state index contributed by atoms with van der Waals surface area (Å²) in [7, 11) is 0. The predicted molar refractivity (Wildman–Crippen MR) is 68.9 cm³/mol. The van der Waals surface area contributed by atoms with Crippen molar-refractivity contribution in [2.75, 3.05) is 18.0 Å². The molecule has 1 aromatic heterocycles. The van der Waals surface area contributed by atoms with E-state index in [-0.39, 0.29) is 13.1 Å². The summed E-state index contributed by atoms with van der Waals surface area (Å²) < 4.78 is 0. The first-order chi connectivity index (χ1) is 9.23. The highest BCUT2D eigenvalue weighted by molar-refractivity contribution is 5.59. The van der Waals surface area contributed by atoms with E-state index in [0.29, 0.717) is 24.2 Å². The van der Waals surface area contributed by atoms with Crippen LogP contribution in [0.4, 0.5) is 5.82 Å². The maximum atomic E-state index is 9.33. The molecule has 0 spiro atoms. The van der Waals surface area contributed by atoms with Gasteiger partial charge in [0.2, 0.25) is 0 Å². The fourth-order valence-corrected chi connectivity index (χ4v) is 1.88. The molecule has 0 aromatic carbocycles. The minimum atomic E-state index is 0.00550. The smallest absolute Gasteiger partial charge is 0.171 e. The molecule has 0 radical (unpaired) electrons. The van der Waals surface area contributed by atoms with Gasteiger partial charge in [-0.05, 0) is 18.4 Å². The van der Waals surface area contributed by atoms with Gasteiger partial charge in [0.15, 0.2) is 5.82 Å². The predicted octanol–water partition coefficient (Wildman–Crippen LogP) is 1.33.